The molecule has 1 aromatic carbocycles. The summed E-state index contributed by atoms with van der Waals surface area (Å²) in [5.41, 5.74) is -0.0146. The topological polar surface area (TPSA) is 32.3 Å². The van der Waals surface area contributed by atoms with E-state index in [4.69, 9.17) is 11.6 Å². The van der Waals surface area contributed by atoms with Crippen molar-refractivity contribution in [1.82, 2.24) is 4.90 Å². The Hall–Kier alpha value is -1.43. The minimum Gasteiger partial charge on any atom is -0.382 e. The Balaban J connectivity index is 1.90. The van der Waals surface area contributed by atoms with Gasteiger partial charge in [-0.15, -0.1) is 0 Å². The first-order valence-corrected chi connectivity index (χ1v) is 6.62. The zero-order valence-electron chi connectivity index (χ0n) is 10.6. The van der Waals surface area contributed by atoms with Crippen LogP contribution in [-0.2, 0) is 6.18 Å². The summed E-state index contributed by atoms with van der Waals surface area (Å²) in [7, 11) is 0. The molecule has 0 aliphatic carbocycles. The Bertz CT molecular complexity index is 467. The minimum absolute atomic E-state index is 0.138. The van der Waals surface area contributed by atoms with E-state index < -0.39 is 17.1 Å². The molecule has 110 valence electrons. The van der Waals surface area contributed by atoms with Gasteiger partial charge in [-0.05, 0) is 48.7 Å². The molecule has 1 fully saturated rings. The summed E-state index contributed by atoms with van der Waals surface area (Å²) in [5.74, 6) is 0. The molecular formula is C13H14ClF3N2O. The molecule has 1 aromatic rings. The van der Waals surface area contributed by atoms with Crippen LogP contribution in [0.1, 0.15) is 18.4 Å². The predicted octanol–water partition coefficient (Wildman–Crippen LogP) is 3.94. The van der Waals surface area contributed by atoms with Crippen molar-refractivity contribution in [2.45, 2.75) is 25.1 Å². The number of halogens is 4. The summed E-state index contributed by atoms with van der Waals surface area (Å²) < 4.78 is 37.3. The largest absolute Gasteiger partial charge is 0.416 e. The molecule has 1 saturated heterocycles. The first kappa shape index (κ1) is 15.0. The zero-order chi connectivity index (χ0) is 14.8. The van der Waals surface area contributed by atoms with Crippen LogP contribution in [0.3, 0.4) is 0 Å². The molecule has 1 N–H and O–H groups in total. The average Bonchev–Trinajstić information content (AvgIpc) is 2.39. The van der Waals surface area contributed by atoms with E-state index in [1.165, 1.54) is 12.1 Å². The van der Waals surface area contributed by atoms with E-state index in [0.717, 1.165) is 25.0 Å². The van der Waals surface area contributed by atoms with Crippen LogP contribution in [0.4, 0.5) is 23.7 Å². The molecule has 0 radical (unpaired) electrons. The van der Waals surface area contributed by atoms with Crippen molar-refractivity contribution >= 4 is 22.7 Å². The minimum atomic E-state index is -4.31. The molecule has 20 heavy (non-hydrogen) atoms. The lowest BCUT2D eigenvalue weighted by Gasteiger charge is -2.31. The van der Waals surface area contributed by atoms with Crippen LogP contribution >= 0.6 is 11.6 Å². The van der Waals surface area contributed by atoms with Crippen LogP contribution in [0.5, 0.6) is 0 Å². The first-order chi connectivity index (χ1) is 9.36. The van der Waals surface area contributed by atoms with Gasteiger partial charge in [0.2, 0.25) is 0 Å². The number of carbonyl (C=O) groups excluding carboxylic acids is 1. The molecule has 0 saturated carbocycles. The van der Waals surface area contributed by atoms with Gasteiger partial charge in [-0.25, -0.2) is 0 Å². The Morgan fingerprint density at radius 2 is 1.75 bits per heavy atom. The molecule has 2 rings (SSSR count). The van der Waals surface area contributed by atoms with Crippen LogP contribution in [-0.4, -0.2) is 29.4 Å². The third-order valence-electron chi connectivity index (χ3n) is 3.33. The van der Waals surface area contributed by atoms with Crippen LogP contribution < -0.4 is 5.32 Å². The quantitative estimate of drug-likeness (QED) is 0.663. The van der Waals surface area contributed by atoms with Gasteiger partial charge in [0.15, 0.2) is 0 Å². The third kappa shape index (κ3) is 3.79. The predicted molar refractivity (Wildman–Crippen MR) is 70.9 cm³/mol. The first-order valence-electron chi connectivity index (χ1n) is 6.24. The maximum atomic E-state index is 12.4. The van der Waals surface area contributed by atoms with Crippen molar-refractivity contribution in [2.75, 3.05) is 18.4 Å². The fourth-order valence-electron chi connectivity index (χ4n) is 2.19. The lowest BCUT2D eigenvalue weighted by atomic mass is 10.0. The standard InChI is InChI=1S/C13H14ClF3N2O/c14-12(20)19-7-5-11(6-8-19)18-10-3-1-9(2-4-10)13(15,16)17/h1-4,11,18H,5-8H2. The van der Waals surface area contributed by atoms with Crippen molar-refractivity contribution < 1.29 is 18.0 Å². The second kappa shape index (κ2) is 5.91. The number of nitrogens with one attached hydrogen (secondary N) is 1. The van der Waals surface area contributed by atoms with E-state index >= 15 is 0 Å². The number of piperidine rings is 1. The van der Waals surface area contributed by atoms with Crippen LogP contribution in [0.2, 0.25) is 0 Å². The molecule has 0 spiro atoms. The van der Waals surface area contributed by atoms with Gasteiger partial charge >= 0.3 is 11.5 Å². The molecule has 7 heteroatoms. The second-order valence-electron chi connectivity index (χ2n) is 4.73. The van der Waals surface area contributed by atoms with Crippen molar-refractivity contribution in [2.24, 2.45) is 0 Å². The number of amides is 1. The summed E-state index contributed by atoms with van der Waals surface area (Å²) in [6, 6.07) is 5.09. The van der Waals surface area contributed by atoms with E-state index in [1.54, 1.807) is 4.90 Å². The van der Waals surface area contributed by atoms with Gasteiger partial charge in [0.25, 0.3) is 0 Å². The Morgan fingerprint density at radius 1 is 1.20 bits per heavy atom. The van der Waals surface area contributed by atoms with Crippen molar-refractivity contribution in [3.05, 3.63) is 29.8 Å². The summed E-state index contributed by atoms with van der Waals surface area (Å²) in [6.07, 6.45) is -2.87. The average molecular weight is 307 g/mol. The smallest absolute Gasteiger partial charge is 0.382 e. The molecule has 3 nitrogen and oxygen atoms in total. The Kier molecular flexibility index (Phi) is 4.42. The van der Waals surface area contributed by atoms with Gasteiger partial charge < -0.3 is 10.2 Å². The lowest BCUT2D eigenvalue weighted by molar-refractivity contribution is -0.137. The van der Waals surface area contributed by atoms with Gasteiger partial charge in [-0.2, -0.15) is 13.2 Å². The van der Waals surface area contributed by atoms with Crippen molar-refractivity contribution in [3.63, 3.8) is 0 Å². The second-order valence-corrected chi connectivity index (χ2v) is 5.06. The number of rotatable bonds is 2. The fraction of sp³-hybridized carbons (Fsp3) is 0.462. The fourth-order valence-corrected chi connectivity index (χ4v) is 2.36. The number of hydrogen-bond donors (Lipinski definition) is 1. The molecule has 0 bridgehead atoms. The van der Waals surface area contributed by atoms with Gasteiger partial charge in [0.1, 0.15) is 0 Å². The molecule has 1 aliphatic rings. The van der Waals surface area contributed by atoms with Crippen molar-refractivity contribution in [1.29, 1.82) is 0 Å². The number of benzene rings is 1. The Morgan fingerprint density at radius 3 is 2.20 bits per heavy atom. The molecule has 0 aromatic heterocycles. The maximum absolute atomic E-state index is 12.4. The highest BCUT2D eigenvalue weighted by molar-refractivity contribution is 6.62. The highest BCUT2D eigenvalue weighted by Crippen LogP contribution is 2.30. The lowest BCUT2D eigenvalue weighted by Crippen LogP contribution is -2.40. The van der Waals surface area contributed by atoms with Crippen LogP contribution in [0, 0.1) is 0 Å². The monoisotopic (exact) mass is 306 g/mol. The van der Waals surface area contributed by atoms with E-state index in [0.29, 0.717) is 18.8 Å². The third-order valence-corrected chi connectivity index (χ3v) is 3.57. The maximum Gasteiger partial charge on any atom is 0.416 e. The van der Waals surface area contributed by atoms with Gasteiger partial charge in [-0.3, -0.25) is 4.79 Å². The molecule has 1 heterocycles. The summed E-state index contributed by atoms with van der Waals surface area (Å²) in [5, 5.41) is 2.71. The molecular weight excluding hydrogens is 293 g/mol. The van der Waals surface area contributed by atoms with Gasteiger partial charge in [0, 0.05) is 24.8 Å². The zero-order valence-corrected chi connectivity index (χ0v) is 11.3. The highest BCUT2D eigenvalue weighted by Gasteiger charge is 2.30. The molecule has 0 atom stereocenters. The van der Waals surface area contributed by atoms with Crippen molar-refractivity contribution in [3.8, 4) is 0 Å². The van der Waals surface area contributed by atoms with Crippen LogP contribution in [0.25, 0.3) is 0 Å². The number of nitrogens with zero attached hydrogens (tertiary/aromatic N) is 1. The molecule has 1 amide bonds. The number of likely N-dealkylation sites (tertiary alicyclic amines) is 1. The van der Waals surface area contributed by atoms with Crippen LogP contribution in [0.15, 0.2) is 24.3 Å². The summed E-state index contributed by atoms with van der Waals surface area (Å²) in [4.78, 5) is 12.5. The Labute approximate surface area is 119 Å². The number of hydrogen-bond acceptors (Lipinski definition) is 2. The SMILES string of the molecule is O=C(Cl)N1CCC(Nc2ccc(C(F)(F)F)cc2)CC1. The summed E-state index contributed by atoms with van der Waals surface area (Å²) >= 11 is 5.38. The number of anilines is 1. The molecule has 1 aliphatic heterocycles. The van der Waals surface area contributed by atoms with Gasteiger partial charge in [0.05, 0.1) is 5.56 Å². The van der Waals surface area contributed by atoms with E-state index in [9.17, 15) is 18.0 Å². The van der Waals surface area contributed by atoms with E-state index in [2.05, 4.69) is 5.32 Å². The highest BCUT2D eigenvalue weighted by atomic mass is 35.5. The normalized spacial score (nSPS) is 17.1. The number of carbonyl (C=O) groups is 1. The summed E-state index contributed by atoms with van der Waals surface area (Å²) in [6.45, 7) is 1.11. The number of alkyl halides is 3. The molecule has 0 unspecified atom stereocenters. The van der Waals surface area contributed by atoms with Gasteiger partial charge in [-0.1, -0.05) is 0 Å². The van der Waals surface area contributed by atoms with E-state index in [1.807, 2.05) is 0 Å². The van der Waals surface area contributed by atoms with E-state index in [-0.39, 0.29) is 6.04 Å².